The highest BCUT2D eigenvalue weighted by Gasteiger charge is 2.29. The van der Waals surface area contributed by atoms with E-state index < -0.39 is 17.8 Å². The fraction of sp³-hybridized carbons (Fsp3) is 0.143. The van der Waals surface area contributed by atoms with Gasteiger partial charge in [0.15, 0.2) is 0 Å². The number of aryl methyl sites for hydroxylation is 1. The summed E-state index contributed by atoms with van der Waals surface area (Å²) in [6.45, 7) is 1.50. The van der Waals surface area contributed by atoms with Gasteiger partial charge in [0, 0.05) is 10.6 Å². The number of halogens is 1. The smallest absolute Gasteiger partial charge is 0.275 e. The van der Waals surface area contributed by atoms with E-state index in [9.17, 15) is 14.4 Å². The van der Waals surface area contributed by atoms with Crippen LogP contribution < -0.4 is 10.7 Å². The molecule has 2 aromatic rings. The number of urea groups is 1. The molecule has 0 unspecified atom stereocenters. The van der Waals surface area contributed by atoms with Gasteiger partial charge in [0.25, 0.3) is 5.91 Å². The molecule has 1 aliphatic heterocycles. The van der Waals surface area contributed by atoms with Crippen LogP contribution in [-0.4, -0.2) is 34.4 Å². The van der Waals surface area contributed by atoms with Crippen LogP contribution in [0, 0.1) is 6.92 Å². The number of carbonyl (C=O) groups is 3. The summed E-state index contributed by atoms with van der Waals surface area (Å²) in [4.78, 5) is 39.6. The van der Waals surface area contributed by atoms with Crippen molar-refractivity contribution in [3.05, 3.63) is 39.9 Å². The molecule has 3 rings (SSSR count). The number of aromatic nitrogens is 1. The molecule has 4 amide bonds. The third kappa shape index (κ3) is 3.17. The number of hydrogen-bond donors (Lipinski definition) is 2. The maximum atomic E-state index is 12.3. The van der Waals surface area contributed by atoms with E-state index in [1.807, 2.05) is 6.07 Å². The van der Waals surface area contributed by atoms with Crippen LogP contribution in [0.1, 0.15) is 15.4 Å². The molecule has 1 aromatic heterocycles. The normalized spacial score (nSPS) is 14.1. The lowest BCUT2D eigenvalue weighted by Crippen LogP contribution is -2.44. The zero-order chi connectivity index (χ0) is 16.6. The Labute approximate surface area is 140 Å². The minimum Gasteiger partial charge on any atom is -0.275 e. The van der Waals surface area contributed by atoms with E-state index in [0.717, 1.165) is 10.6 Å². The van der Waals surface area contributed by atoms with Gasteiger partial charge in [-0.25, -0.2) is 14.8 Å². The van der Waals surface area contributed by atoms with Crippen molar-refractivity contribution in [3.63, 3.8) is 0 Å². The quantitative estimate of drug-likeness (QED) is 0.828. The van der Waals surface area contributed by atoms with E-state index in [1.54, 1.807) is 25.1 Å². The van der Waals surface area contributed by atoms with Gasteiger partial charge in [-0.3, -0.25) is 20.3 Å². The van der Waals surface area contributed by atoms with E-state index in [4.69, 9.17) is 11.6 Å². The highest BCUT2D eigenvalue weighted by molar-refractivity contribution is 7.17. The number of hydrazine groups is 1. The predicted octanol–water partition coefficient (Wildman–Crippen LogP) is 1.97. The molecule has 7 nitrogen and oxygen atoms in total. The third-order valence-corrected chi connectivity index (χ3v) is 4.54. The fourth-order valence-corrected chi connectivity index (χ4v) is 3.20. The van der Waals surface area contributed by atoms with E-state index in [-0.39, 0.29) is 6.54 Å². The van der Waals surface area contributed by atoms with Gasteiger partial charge < -0.3 is 0 Å². The number of carbonyl (C=O) groups excluding carboxylic acids is 3. The minimum absolute atomic E-state index is 0.205. The van der Waals surface area contributed by atoms with Crippen molar-refractivity contribution in [1.29, 1.82) is 0 Å². The van der Waals surface area contributed by atoms with Crippen LogP contribution in [0.3, 0.4) is 0 Å². The van der Waals surface area contributed by atoms with Gasteiger partial charge in [0.05, 0.1) is 5.69 Å². The van der Waals surface area contributed by atoms with Crippen LogP contribution in [0.25, 0.3) is 10.6 Å². The summed E-state index contributed by atoms with van der Waals surface area (Å²) in [7, 11) is 0. The Morgan fingerprint density at radius 1 is 1.43 bits per heavy atom. The number of imide groups is 1. The predicted molar refractivity (Wildman–Crippen MR) is 85.0 cm³/mol. The first-order valence-corrected chi connectivity index (χ1v) is 7.79. The van der Waals surface area contributed by atoms with Gasteiger partial charge in [0.1, 0.15) is 16.4 Å². The summed E-state index contributed by atoms with van der Waals surface area (Å²) in [6, 6.07) is 6.50. The summed E-state index contributed by atoms with van der Waals surface area (Å²) < 4.78 is 0. The van der Waals surface area contributed by atoms with Crippen LogP contribution >= 0.6 is 22.9 Å². The van der Waals surface area contributed by atoms with E-state index >= 15 is 0 Å². The molecule has 0 saturated carbocycles. The van der Waals surface area contributed by atoms with Crippen molar-refractivity contribution in [2.45, 2.75) is 6.92 Å². The molecule has 0 bridgehead atoms. The Balaban J connectivity index is 1.82. The Morgan fingerprint density at radius 2 is 2.22 bits per heavy atom. The number of hydrogen-bond acceptors (Lipinski definition) is 5. The summed E-state index contributed by atoms with van der Waals surface area (Å²) in [5.41, 5.74) is 3.74. The Kier molecular flexibility index (Phi) is 4.01. The van der Waals surface area contributed by atoms with Crippen LogP contribution in [0.2, 0.25) is 5.02 Å². The zero-order valence-electron chi connectivity index (χ0n) is 11.9. The number of benzene rings is 1. The summed E-state index contributed by atoms with van der Waals surface area (Å²) >= 11 is 7.15. The first kappa shape index (κ1) is 15.4. The second-order valence-electron chi connectivity index (χ2n) is 4.82. The van der Waals surface area contributed by atoms with E-state index in [2.05, 4.69) is 15.7 Å². The molecule has 9 heteroatoms. The van der Waals surface area contributed by atoms with Gasteiger partial charge in [-0.15, -0.1) is 11.3 Å². The Bertz CT molecular complexity index is 820. The summed E-state index contributed by atoms with van der Waals surface area (Å²) in [5.74, 6) is -0.950. The van der Waals surface area contributed by atoms with Crippen molar-refractivity contribution in [2.24, 2.45) is 0 Å². The molecule has 0 atom stereocenters. The molecule has 1 saturated heterocycles. The fourth-order valence-electron chi connectivity index (χ4n) is 2.06. The summed E-state index contributed by atoms with van der Waals surface area (Å²) in [5, 5.41) is 4.24. The molecule has 23 heavy (non-hydrogen) atoms. The van der Waals surface area contributed by atoms with Crippen molar-refractivity contribution >= 4 is 40.8 Å². The van der Waals surface area contributed by atoms with Crippen LogP contribution in [0.15, 0.2) is 24.3 Å². The second kappa shape index (κ2) is 5.98. The number of nitrogens with one attached hydrogen (secondary N) is 2. The lowest BCUT2D eigenvalue weighted by atomic mass is 10.2. The highest BCUT2D eigenvalue weighted by atomic mass is 35.5. The van der Waals surface area contributed by atoms with Crippen molar-refractivity contribution in [1.82, 2.24) is 20.7 Å². The first-order chi connectivity index (χ1) is 10.9. The molecule has 2 heterocycles. The highest BCUT2D eigenvalue weighted by Crippen LogP contribution is 2.29. The van der Waals surface area contributed by atoms with E-state index in [1.165, 1.54) is 11.3 Å². The van der Waals surface area contributed by atoms with Crippen LogP contribution in [0.4, 0.5) is 4.79 Å². The van der Waals surface area contributed by atoms with Crippen LogP contribution in [0.5, 0.6) is 0 Å². The maximum Gasteiger partial charge on any atom is 0.343 e. The SMILES string of the molecule is Cc1nc(-c2cccc(Cl)c2)sc1C(=O)NN1CC(=O)NC1=O. The third-order valence-electron chi connectivity index (χ3n) is 3.10. The molecule has 0 spiro atoms. The molecule has 1 fully saturated rings. The molecule has 0 aliphatic carbocycles. The standard InChI is InChI=1S/C14H11ClN4O3S/c1-7-11(12(21)18-19-6-10(20)17-14(19)22)23-13(16-7)8-3-2-4-9(15)5-8/h2-5H,6H2,1H3,(H,18,21)(H,17,20,22). The number of thiazole rings is 1. The Morgan fingerprint density at radius 3 is 2.87 bits per heavy atom. The van der Waals surface area contributed by atoms with Crippen molar-refractivity contribution in [3.8, 4) is 10.6 Å². The largest absolute Gasteiger partial charge is 0.343 e. The van der Waals surface area contributed by atoms with Gasteiger partial charge in [0.2, 0.25) is 5.91 Å². The lowest BCUT2D eigenvalue weighted by molar-refractivity contribution is -0.118. The maximum absolute atomic E-state index is 12.3. The lowest BCUT2D eigenvalue weighted by Gasteiger charge is -2.13. The molecule has 0 radical (unpaired) electrons. The Hall–Kier alpha value is -2.45. The monoisotopic (exact) mass is 350 g/mol. The molecule has 2 N–H and O–H groups in total. The van der Waals surface area contributed by atoms with Crippen molar-refractivity contribution < 1.29 is 14.4 Å². The first-order valence-electron chi connectivity index (χ1n) is 6.60. The molecular formula is C14H11ClN4O3S. The number of amides is 4. The number of nitrogens with zero attached hydrogens (tertiary/aromatic N) is 2. The van der Waals surface area contributed by atoms with Crippen LogP contribution in [-0.2, 0) is 4.79 Å². The second-order valence-corrected chi connectivity index (χ2v) is 6.26. The van der Waals surface area contributed by atoms with Gasteiger partial charge in [-0.05, 0) is 19.1 Å². The van der Waals surface area contributed by atoms with Gasteiger partial charge >= 0.3 is 6.03 Å². The molecular weight excluding hydrogens is 340 g/mol. The molecule has 118 valence electrons. The van der Waals surface area contributed by atoms with Gasteiger partial charge in [-0.2, -0.15) is 0 Å². The topological polar surface area (TPSA) is 91.4 Å². The molecule has 1 aromatic carbocycles. The van der Waals surface area contributed by atoms with Crippen molar-refractivity contribution in [2.75, 3.05) is 6.54 Å². The number of rotatable bonds is 3. The zero-order valence-corrected chi connectivity index (χ0v) is 13.5. The van der Waals surface area contributed by atoms with E-state index in [0.29, 0.717) is 20.6 Å². The minimum atomic E-state index is -0.652. The van der Waals surface area contributed by atoms with Gasteiger partial charge in [-0.1, -0.05) is 23.7 Å². The average Bonchev–Trinajstić information content (AvgIpc) is 3.02. The average molecular weight is 351 g/mol. The molecule has 1 aliphatic rings. The summed E-state index contributed by atoms with van der Waals surface area (Å²) in [6.07, 6.45) is 0.